The van der Waals surface area contributed by atoms with Gasteiger partial charge in [-0.2, -0.15) is 0 Å². The maximum absolute atomic E-state index is 13.1. The average Bonchev–Trinajstić information content (AvgIpc) is 2.80. The first-order valence-electron chi connectivity index (χ1n) is 10.5. The van der Waals surface area contributed by atoms with E-state index < -0.39 is 0 Å². The van der Waals surface area contributed by atoms with Crippen molar-refractivity contribution in [2.45, 2.75) is 0 Å². The van der Waals surface area contributed by atoms with Gasteiger partial charge in [-0.15, -0.1) is 0 Å². The number of piperazine rings is 2. The van der Waals surface area contributed by atoms with E-state index in [-0.39, 0.29) is 17.6 Å². The quantitative estimate of drug-likeness (QED) is 0.727. The molecule has 6 nitrogen and oxygen atoms in total. The smallest absolute Gasteiger partial charge is 0.253 e. The van der Waals surface area contributed by atoms with Crippen molar-refractivity contribution in [3.8, 4) is 0 Å². The number of benzene rings is 2. The van der Waals surface area contributed by atoms with Gasteiger partial charge < -0.3 is 14.7 Å². The van der Waals surface area contributed by atoms with E-state index in [1.165, 1.54) is 12.1 Å². The van der Waals surface area contributed by atoms with Crippen molar-refractivity contribution < 1.29 is 14.0 Å². The van der Waals surface area contributed by atoms with Crippen molar-refractivity contribution in [1.29, 1.82) is 0 Å². The van der Waals surface area contributed by atoms with Crippen LogP contribution in [-0.4, -0.2) is 85.4 Å². The number of hydrogen-bond donors (Lipinski definition) is 0. The first-order chi connectivity index (χ1) is 15.0. The summed E-state index contributed by atoms with van der Waals surface area (Å²) in [5.74, 6) is -0.122. The molecule has 2 amide bonds. The Morgan fingerprint density at radius 2 is 1.35 bits per heavy atom. The molecule has 2 aliphatic rings. The Morgan fingerprint density at radius 3 is 1.97 bits per heavy atom. The van der Waals surface area contributed by atoms with Crippen LogP contribution in [0.3, 0.4) is 0 Å². The molecule has 2 aliphatic heterocycles. The molecule has 2 saturated heterocycles. The third-order valence-corrected chi connectivity index (χ3v) is 6.19. The minimum atomic E-state index is -0.243. The molecule has 2 aromatic rings. The molecule has 31 heavy (non-hydrogen) atoms. The van der Waals surface area contributed by atoms with Crippen molar-refractivity contribution in [3.63, 3.8) is 0 Å². The summed E-state index contributed by atoms with van der Waals surface area (Å²) in [6.07, 6.45) is 0. The Labute approximate surface area is 186 Å². The van der Waals surface area contributed by atoms with Gasteiger partial charge in [0.05, 0.1) is 6.54 Å². The molecule has 0 aromatic heterocycles. The third kappa shape index (κ3) is 5.35. The van der Waals surface area contributed by atoms with Crippen LogP contribution in [0, 0.1) is 5.82 Å². The summed E-state index contributed by atoms with van der Waals surface area (Å²) in [6, 6.07) is 13.4. The molecule has 0 saturated carbocycles. The monoisotopic (exact) mass is 444 g/mol. The third-order valence-electron chi connectivity index (χ3n) is 5.93. The zero-order valence-corrected chi connectivity index (χ0v) is 18.1. The zero-order chi connectivity index (χ0) is 21.8. The molecule has 0 radical (unpaired) electrons. The van der Waals surface area contributed by atoms with Crippen LogP contribution in [0.5, 0.6) is 0 Å². The molecule has 0 unspecified atom stereocenters. The SMILES string of the molecule is O=C(CN1CCN(C(=O)c2ccc(Cl)cc2)CC1)N1CCN(c2ccc(F)cc2)CC1. The fourth-order valence-electron chi connectivity index (χ4n) is 4.04. The Bertz CT molecular complexity index is 906. The topological polar surface area (TPSA) is 47.1 Å². The number of halogens is 2. The van der Waals surface area contributed by atoms with E-state index in [0.717, 1.165) is 18.8 Å². The van der Waals surface area contributed by atoms with Crippen LogP contribution in [0.4, 0.5) is 10.1 Å². The number of carbonyl (C=O) groups is 2. The lowest BCUT2D eigenvalue weighted by atomic mass is 10.2. The summed E-state index contributed by atoms with van der Waals surface area (Å²) < 4.78 is 13.1. The maximum atomic E-state index is 13.1. The van der Waals surface area contributed by atoms with E-state index in [2.05, 4.69) is 9.80 Å². The van der Waals surface area contributed by atoms with Crippen LogP contribution in [0.25, 0.3) is 0 Å². The summed E-state index contributed by atoms with van der Waals surface area (Å²) in [5.41, 5.74) is 1.61. The van der Waals surface area contributed by atoms with Crippen molar-refractivity contribution in [3.05, 3.63) is 64.9 Å². The highest BCUT2D eigenvalue weighted by molar-refractivity contribution is 6.30. The van der Waals surface area contributed by atoms with Gasteiger partial charge in [-0.1, -0.05) is 11.6 Å². The Morgan fingerprint density at radius 1 is 0.774 bits per heavy atom. The Hall–Kier alpha value is -2.64. The largest absolute Gasteiger partial charge is 0.368 e. The van der Waals surface area contributed by atoms with E-state index in [1.54, 1.807) is 36.4 Å². The standard InChI is InChI=1S/C23H26ClFN4O2/c24-19-3-1-18(2-4-19)23(31)29-11-9-26(10-12-29)17-22(30)28-15-13-27(14-16-28)21-7-5-20(25)6-8-21/h1-8H,9-17H2. The van der Waals surface area contributed by atoms with Crippen molar-refractivity contribution >= 4 is 29.1 Å². The van der Waals surface area contributed by atoms with E-state index in [0.29, 0.717) is 56.4 Å². The van der Waals surface area contributed by atoms with Gasteiger partial charge in [0.2, 0.25) is 5.91 Å². The highest BCUT2D eigenvalue weighted by Crippen LogP contribution is 2.17. The van der Waals surface area contributed by atoms with E-state index >= 15 is 0 Å². The normalized spacial score (nSPS) is 17.7. The fourth-order valence-corrected chi connectivity index (χ4v) is 4.17. The first kappa shape index (κ1) is 21.6. The first-order valence-corrected chi connectivity index (χ1v) is 10.9. The number of amides is 2. The fraction of sp³-hybridized carbons (Fsp3) is 0.391. The van der Waals surface area contributed by atoms with Crippen LogP contribution in [-0.2, 0) is 4.79 Å². The molecule has 164 valence electrons. The molecule has 0 spiro atoms. The number of hydrogen-bond acceptors (Lipinski definition) is 4. The molecule has 2 fully saturated rings. The van der Waals surface area contributed by atoms with Gasteiger partial charge in [0, 0.05) is 68.6 Å². The van der Waals surface area contributed by atoms with E-state index in [9.17, 15) is 14.0 Å². The predicted molar refractivity (Wildman–Crippen MR) is 119 cm³/mol. The second kappa shape index (κ2) is 9.66. The van der Waals surface area contributed by atoms with Crippen molar-refractivity contribution in [2.24, 2.45) is 0 Å². The molecule has 0 N–H and O–H groups in total. The second-order valence-electron chi connectivity index (χ2n) is 7.92. The van der Waals surface area contributed by atoms with Crippen LogP contribution in [0.1, 0.15) is 10.4 Å². The highest BCUT2D eigenvalue weighted by atomic mass is 35.5. The highest BCUT2D eigenvalue weighted by Gasteiger charge is 2.26. The van der Waals surface area contributed by atoms with Crippen molar-refractivity contribution in [2.75, 3.05) is 63.8 Å². The van der Waals surface area contributed by atoms with Crippen LogP contribution in [0.2, 0.25) is 5.02 Å². The number of nitrogens with zero attached hydrogens (tertiary/aromatic N) is 4. The van der Waals surface area contributed by atoms with Crippen LogP contribution < -0.4 is 4.90 Å². The molecular formula is C23H26ClFN4O2. The van der Waals surface area contributed by atoms with Crippen LogP contribution >= 0.6 is 11.6 Å². The maximum Gasteiger partial charge on any atom is 0.253 e. The minimum Gasteiger partial charge on any atom is -0.368 e. The molecule has 8 heteroatoms. The lowest BCUT2D eigenvalue weighted by Crippen LogP contribution is -2.54. The van der Waals surface area contributed by atoms with Gasteiger partial charge >= 0.3 is 0 Å². The zero-order valence-electron chi connectivity index (χ0n) is 17.3. The van der Waals surface area contributed by atoms with Crippen molar-refractivity contribution in [1.82, 2.24) is 14.7 Å². The lowest BCUT2D eigenvalue weighted by Gasteiger charge is -2.38. The number of anilines is 1. The Kier molecular flexibility index (Phi) is 6.73. The summed E-state index contributed by atoms with van der Waals surface area (Å²) in [4.78, 5) is 33.4. The van der Waals surface area contributed by atoms with E-state index in [1.807, 2.05) is 9.80 Å². The summed E-state index contributed by atoms with van der Waals surface area (Å²) in [5, 5.41) is 0.610. The van der Waals surface area contributed by atoms with Gasteiger partial charge in [-0.05, 0) is 48.5 Å². The van der Waals surface area contributed by atoms with Gasteiger partial charge in [0.1, 0.15) is 5.82 Å². The summed E-state index contributed by atoms with van der Waals surface area (Å²) >= 11 is 5.89. The molecule has 2 heterocycles. The van der Waals surface area contributed by atoms with Crippen LogP contribution in [0.15, 0.2) is 48.5 Å². The van der Waals surface area contributed by atoms with Gasteiger partial charge in [-0.3, -0.25) is 14.5 Å². The second-order valence-corrected chi connectivity index (χ2v) is 8.36. The van der Waals surface area contributed by atoms with E-state index in [4.69, 9.17) is 11.6 Å². The Balaban J connectivity index is 1.22. The van der Waals surface area contributed by atoms with Gasteiger partial charge in [0.25, 0.3) is 5.91 Å². The average molecular weight is 445 g/mol. The number of carbonyl (C=O) groups excluding carboxylic acids is 2. The molecule has 2 aromatic carbocycles. The molecule has 4 rings (SSSR count). The lowest BCUT2D eigenvalue weighted by molar-refractivity contribution is -0.133. The molecule has 0 bridgehead atoms. The van der Waals surface area contributed by atoms with Gasteiger partial charge in [-0.25, -0.2) is 4.39 Å². The molecular weight excluding hydrogens is 419 g/mol. The summed E-state index contributed by atoms with van der Waals surface area (Å²) in [7, 11) is 0. The summed E-state index contributed by atoms with van der Waals surface area (Å²) in [6.45, 7) is 5.73. The number of rotatable bonds is 4. The minimum absolute atomic E-state index is 0.000409. The molecule has 0 aliphatic carbocycles. The molecule has 0 atom stereocenters. The van der Waals surface area contributed by atoms with Gasteiger partial charge in [0.15, 0.2) is 0 Å². The predicted octanol–water partition coefficient (Wildman–Crippen LogP) is 2.59.